The molecule has 1 fully saturated rings. The molecule has 1 aliphatic rings. The van der Waals surface area contributed by atoms with E-state index in [1.165, 1.54) is 0 Å². The third-order valence-corrected chi connectivity index (χ3v) is 5.37. The van der Waals surface area contributed by atoms with Gasteiger partial charge < -0.3 is 20.1 Å². The van der Waals surface area contributed by atoms with E-state index in [1.807, 2.05) is 36.1 Å². The van der Waals surface area contributed by atoms with Crippen LogP contribution in [0.2, 0.25) is 0 Å². The van der Waals surface area contributed by atoms with Gasteiger partial charge >= 0.3 is 0 Å². The van der Waals surface area contributed by atoms with Gasteiger partial charge in [0.15, 0.2) is 0 Å². The summed E-state index contributed by atoms with van der Waals surface area (Å²) >= 11 is 0. The minimum Gasteiger partial charge on any atom is -0.363 e. The number of carbonyl (C=O) groups is 1. The van der Waals surface area contributed by atoms with Crippen molar-refractivity contribution in [2.75, 3.05) is 31.1 Å². The van der Waals surface area contributed by atoms with E-state index < -0.39 is 0 Å². The minimum atomic E-state index is -0.112. The average molecular weight is 410 g/mol. The Kier molecular flexibility index (Phi) is 7.41. The number of pyridine rings is 2. The van der Waals surface area contributed by atoms with Crippen molar-refractivity contribution in [2.45, 2.75) is 39.3 Å². The molecule has 0 spiro atoms. The Morgan fingerprint density at radius 2 is 2.13 bits per heavy atom. The fourth-order valence-corrected chi connectivity index (χ4v) is 3.79. The van der Waals surface area contributed by atoms with E-state index in [9.17, 15) is 9.59 Å². The second-order valence-corrected chi connectivity index (χ2v) is 7.82. The first kappa shape index (κ1) is 21.8. The lowest BCUT2D eigenvalue weighted by molar-refractivity contribution is -0.125. The summed E-state index contributed by atoms with van der Waals surface area (Å²) in [4.78, 5) is 36.0. The Bertz CT molecular complexity index is 923. The number of rotatable bonds is 8. The molecule has 7 heteroatoms. The standard InChI is InChI=1S/C23H31N5O2/c1-4-28(20-9-13-27(16-20)22(29)6-5-10-25-17(2)3)21-14-19(15-26-23(21)30)18-7-11-24-12-8-18/h5-8,11-12,14-15,17,20,25H,4,9-10,13,16H2,1-3H3,(H,26,30)/t20-/m1/s1. The summed E-state index contributed by atoms with van der Waals surface area (Å²) in [5.41, 5.74) is 2.47. The Morgan fingerprint density at radius 3 is 2.83 bits per heavy atom. The number of hydrogen-bond acceptors (Lipinski definition) is 5. The van der Waals surface area contributed by atoms with Crippen molar-refractivity contribution in [1.82, 2.24) is 20.2 Å². The van der Waals surface area contributed by atoms with E-state index in [2.05, 4.69) is 34.0 Å². The van der Waals surface area contributed by atoms with Crippen molar-refractivity contribution in [1.29, 1.82) is 0 Å². The van der Waals surface area contributed by atoms with Crippen LogP contribution in [0.4, 0.5) is 5.69 Å². The highest BCUT2D eigenvalue weighted by atomic mass is 16.2. The Labute approximate surface area is 177 Å². The molecule has 1 atom stereocenters. The molecule has 1 aliphatic heterocycles. The molecule has 1 amide bonds. The molecule has 7 nitrogen and oxygen atoms in total. The molecule has 2 aromatic rings. The maximum absolute atomic E-state index is 12.6. The summed E-state index contributed by atoms with van der Waals surface area (Å²) in [6.45, 7) is 8.89. The predicted molar refractivity (Wildman–Crippen MR) is 121 cm³/mol. The minimum absolute atomic E-state index is 0.0264. The van der Waals surface area contributed by atoms with Gasteiger partial charge in [-0.25, -0.2) is 0 Å². The van der Waals surface area contributed by atoms with Gasteiger partial charge in [0, 0.05) is 68.5 Å². The average Bonchev–Trinajstić information content (AvgIpc) is 3.23. The van der Waals surface area contributed by atoms with Gasteiger partial charge in [-0.05, 0) is 37.1 Å². The molecule has 1 saturated heterocycles. The zero-order valence-electron chi connectivity index (χ0n) is 18.0. The zero-order chi connectivity index (χ0) is 21.5. The Hall–Kier alpha value is -2.93. The molecule has 0 radical (unpaired) electrons. The molecule has 0 unspecified atom stereocenters. The second-order valence-electron chi connectivity index (χ2n) is 7.82. The van der Waals surface area contributed by atoms with Crippen LogP contribution in [-0.2, 0) is 4.79 Å². The molecule has 3 heterocycles. The van der Waals surface area contributed by atoms with Crippen LogP contribution in [0, 0.1) is 0 Å². The number of amides is 1. The Balaban J connectivity index is 1.71. The number of nitrogens with zero attached hydrogens (tertiary/aromatic N) is 3. The van der Waals surface area contributed by atoms with E-state index in [0.29, 0.717) is 37.9 Å². The van der Waals surface area contributed by atoms with Crippen LogP contribution in [0.3, 0.4) is 0 Å². The monoisotopic (exact) mass is 409 g/mol. The summed E-state index contributed by atoms with van der Waals surface area (Å²) < 4.78 is 0. The molecule has 2 aromatic heterocycles. The maximum atomic E-state index is 12.6. The van der Waals surface area contributed by atoms with Gasteiger partial charge in [0.25, 0.3) is 5.56 Å². The molecular formula is C23H31N5O2. The molecule has 30 heavy (non-hydrogen) atoms. The van der Waals surface area contributed by atoms with Crippen molar-refractivity contribution in [3.05, 3.63) is 59.3 Å². The van der Waals surface area contributed by atoms with E-state index in [0.717, 1.165) is 17.5 Å². The summed E-state index contributed by atoms with van der Waals surface area (Å²) in [5, 5.41) is 3.27. The molecule has 160 valence electrons. The van der Waals surface area contributed by atoms with Gasteiger partial charge in [-0.2, -0.15) is 0 Å². The van der Waals surface area contributed by atoms with E-state index in [1.54, 1.807) is 24.7 Å². The second kappa shape index (κ2) is 10.2. The molecular weight excluding hydrogens is 378 g/mol. The third-order valence-electron chi connectivity index (χ3n) is 5.37. The highest BCUT2D eigenvalue weighted by Gasteiger charge is 2.30. The molecule has 0 aromatic carbocycles. The van der Waals surface area contributed by atoms with Crippen molar-refractivity contribution in [3.8, 4) is 11.1 Å². The van der Waals surface area contributed by atoms with Crippen LogP contribution in [0.1, 0.15) is 27.2 Å². The largest absolute Gasteiger partial charge is 0.363 e. The summed E-state index contributed by atoms with van der Waals surface area (Å²) in [5.74, 6) is 0.0264. The predicted octanol–water partition coefficient (Wildman–Crippen LogP) is 2.42. The molecule has 2 N–H and O–H groups in total. The van der Waals surface area contributed by atoms with Crippen molar-refractivity contribution >= 4 is 11.6 Å². The first-order chi connectivity index (χ1) is 14.5. The molecule has 3 rings (SSSR count). The van der Waals surface area contributed by atoms with Gasteiger partial charge in [0.05, 0.1) is 0 Å². The fraction of sp³-hybridized carbons (Fsp3) is 0.435. The van der Waals surface area contributed by atoms with Crippen LogP contribution < -0.4 is 15.8 Å². The van der Waals surface area contributed by atoms with E-state index in [-0.39, 0.29) is 17.5 Å². The van der Waals surface area contributed by atoms with Gasteiger partial charge in [0.2, 0.25) is 5.91 Å². The smallest absolute Gasteiger partial charge is 0.271 e. The van der Waals surface area contributed by atoms with Crippen molar-refractivity contribution < 1.29 is 4.79 Å². The van der Waals surface area contributed by atoms with E-state index >= 15 is 0 Å². The number of nitrogens with one attached hydrogen (secondary N) is 2. The number of aromatic amines is 1. The lowest BCUT2D eigenvalue weighted by Crippen LogP contribution is -2.41. The van der Waals surface area contributed by atoms with Crippen LogP contribution in [0.15, 0.2) is 53.7 Å². The first-order valence-corrected chi connectivity index (χ1v) is 10.6. The van der Waals surface area contributed by atoms with Gasteiger partial charge in [-0.15, -0.1) is 0 Å². The third kappa shape index (κ3) is 5.36. The summed E-state index contributed by atoms with van der Waals surface area (Å²) in [6.07, 6.45) is 9.57. The maximum Gasteiger partial charge on any atom is 0.271 e. The van der Waals surface area contributed by atoms with Crippen LogP contribution in [-0.4, -0.2) is 59.0 Å². The molecule has 0 saturated carbocycles. The topological polar surface area (TPSA) is 81.3 Å². The quantitative estimate of drug-likeness (QED) is 0.655. The first-order valence-electron chi connectivity index (χ1n) is 10.6. The number of hydrogen-bond donors (Lipinski definition) is 2. The van der Waals surface area contributed by atoms with Crippen LogP contribution in [0.5, 0.6) is 0 Å². The number of carbonyl (C=O) groups excluding carboxylic acids is 1. The van der Waals surface area contributed by atoms with Crippen molar-refractivity contribution in [3.63, 3.8) is 0 Å². The normalized spacial score (nSPS) is 16.5. The van der Waals surface area contributed by atoms with Crippen LogP contribution in [0.25, 0.3) is 11.1 Å². The lowest BCUT2D eigenvalue weighted by atomic mass is 10.1. The van der Waals surface area contributed by atoms with E-state index in [4.69, 9.17) is 0 Å². The number of likely N-dealkylation sites (tertiary alicyclic amines) is 1. The van der Waals surface area contributed by atoms with Gasteiger partial charge in [-0.3, -0.25) is 14.6 Å². The number of likely N-dealkylation sites (N-methyl/N-ethyl adjacent to an activating group) is 1. The highest BCUT2D eigenvalue weighted by molar-refractivity contribution is 5.88. The molecule has 0 bridgehead atoms. The SMILES string of the molecule is CCN(c1cc(-c2ccncc2)c[nH]c1=O)[C@@H]1CCN(C(=O)C=CCNC(C)C)C1. The summed E-state index contributed by atoms with van der Waals surface area (Å²) in [6, 6.07) is 6.28. The highest BCUT2D eigenvalue weighted by Crippen LogP contribution is 2.25. The summed E-state index contributed by atoms with van der Waals surface area (Å²) in [7, 11) is 0. The number of anilines is 1. The van der Waals surface area contributed by atoms with Gasteiger partial charge in [-0.1, -0.05) is 19.9 Å². The van der Waals surface area contributed by atoms with Crippen LogP contribution >= 0.6 is 0 Å². The van der Waals surface area contributed by atoms with Gasteiger partial charge in [0.1, 0.15) is 5.69 Å². The number of H-pyrrole nitrogens is 1. The fourth-order valence-electron chi connectivity index (χ4n) is 3.79. The Morgan fingerprint density at radius 1 is 1.37 bits per heavy atom. The molecule has 0 aliphatic carbocycles. The zero-order valence-corrected chi connectivity index (χ0v) is 18.0. The van der Waals surface area contributed by atoms with Crippen molar-refractivity contribution in [2.24, 2.45) is 0 Å². The lowest BCUT2D eigenvalue weighted by Gasteiger charge is -2.29. The number of aromatic nitrogens is 2.